The summed E-state index contributed by atoms with van der Waals surface area (Å²) in [5, 5.41) is 21.3. The number of methoxy groups -OCH3 is 1. The molecule has 3 rings (SSSR count). The van der Waals surface area contributed by atoms with Crippen LogP contribution in [0.25, 0.3) is 11.1 Å². The molecule has 234 valence electrons. The van der Waals surface area contributed by atoms with Gasteiger partial charge in [0.1, 0.15) is 29.6 Å². The standard InChI is InChI=1S/C29H42N8O6/c1-43-25-7-5-17-12-19(25)13-20(32)27(40)36-22(3-2-8-30)29(42)37-23(14-18-11-16(17)4-6-24(18)38)28(41)35-15-21(33)26(39)34-10-9-31/h4-7,11-12,20-23,38H,2-3,8-10,13-15,30-33H2,1H3,(H,34,39)(H,35,41)(H,36,40)(H,37,42)/t20-,21-,22-,23-/m0/s1. The van der Waals surface area contributed by atoms with E-state index in [9.17, 15) is 24.3 Å². The van der Waals surface area contributed by atoms with Crippen LogP contribution in [0.3, 0.4) is 0 Å². The molecule has 43 heavy (non-hydrogen) atoms. The highest BCUT2D eigenvalue weighted by molar-refractivity contribution is 5.93. The molecule has 14 heteroatoms. The molecule has 0 aromatic heterocycles. The predicted octanol–water partition coefficient (Wildman–Crippen LogP) is -2.28. The topological polar surface area (TPSA) is 250 Å². The van der Waals surface area contributed by atoms with Crippen LogP contribution in [-0.4, -0.2) is 86.2 Å². The molecule has 2 aromatic rings. The summed E-state index contributed by atoms with van der Waals surface area (Å²) in [6, 6.07) is 6.05. The summed E-state index contributed by atoms with van der Waals surface area (Å²) in [6.07, 6.45) is 0.631. The second-order valence-electron chi connectivity index (χ2n) is 10.4. The molecular formula is C29H42N8O6. The van der Waals surface area contributed by atoms with Crippen molar-refractivity contribution in [3.63, 3.8) is 0 Å². The van der Waals surface area contributed by atoms with E-state index in [2.05, 4.69) is 21.3 Å². The lowest BCUT2D eigenvalue weighted by Crippen LogP contribution is -2.57. The van der Waals surface area contributed by atoms with Crippen LogP contribution in [0.1, 0.15) is 24.0 Å². The van der Waals surface area contributed by atoms with E-state index in [4.69, 9.17) is 27.7 Å². The van der Waals surface area contributed by atoms with Crippen molar-refractivity contribution < 1.29 is 29.0 Å². The van der Waals surface area contributed by atoms with Gasteiger partial charge >= 0.3 is 0 Å². The molecule has 4 atom stereocenters. The maximum atomic E-state index is 13.5. The van der Waals surface area contributed by atoms with Gasteiger partial charge in [-0.1, -0.05) is 12.1 Å². The van der Waals surface area contributed by atoms with E-state index in [0.29, 0.717) is 23.3 Å². The smallest absolute Gasteiger partial charge is 0.243 e. The Labute approximate surface area is 250 Å². The lowest BCUT2D eigenvalue weighted by atomic mass is 9.95. The summed E-state index contributed by atoms with van der Waals surface area (Å²) in [5.74, 6) is -1.88. The first kappa shape index (κ1) is 33.3. The average Bonchev–Trinajstić information content (AvgIpc) is 3.00. The molecule has 1 aliphatic heterocycles. The fraction of sp³-hybridized carbons (Fsp3) is 0.448. The quantitative estimate of drug-likeness (QED) is 0.142. The van der Waals surface area contributed by atoms with Crippen LogP contribution < -0.4 is 48.9 Å². The van der Waals surface area contributed by atoms with Gasteiger partial charge in [-0.05, 0) is 65.9 Å². The summed E-state index contributed by atoms with van der Waals surface area (Å²) >= 11 is 0. The second-order valence-corrected chi connectivity index (χ2v) is 10.4. The number of hydrogen-bond acceptors (Lipinski definition) is 10. The zero-order valence-corrected chi connectivity index (χ0v) is 24.2. The summed E-state index contributed by atoms with van der Waals surface area (Å²) in [4.78, 5) is 52.1. The first-order chi connectivity index (χ1) is 20.6. The Morgan fingerprint density at radius 2 is 1.70 bits per heavy atom. The third-order valence-electron chi connectivity index (χ3n) is 7.13. The summed E-state index contributed by atoms with van der Waals surface area (Å²) < 4.78 is 5.49. The van der Waals surface area contributed by atoms with Crippen LogP contribution in [0.5, 0.6) is 11.5 Å². The van der Waals surface area contributed by atoms with E-state index in [1.165, 1.54) is 13.2 Å². The van der Waals surface area contributed by atoms with Crippen molar-refractivity contribution >= 4 is 23.6 Å². The maximum absolute atomic E-state index is 13.5. The van der Waals surface area contributed by atoms with Gasteiger partial charge in [0.2, 0.25) is 23.6 Å². The Morgan fingerprint density at radius 1 is 1.00 bits per heavy atom. The van der Waals surface area contributed by atoms with Gasteiger partial charge in [0, 0.05) is 32.5 Å². The predicted molar refractivity (Wildman–Crippen MR) is 161 cm³/mol. The van der Waals surface area contributed by atoms with Gasteiger partial charge in [-0.2, -0.15) is 0 Å². The molecule has 0 unspecified atom stereocenters. The normalized spacial score (nSPS) is 19.6. The Kier molecular flexibility index (Phi) is 12.3. The van der Waals surface area contributed by atoms with E-state index in [-0.39, 0.29) is 51.2 Å². The molecule has 0 fully saturated rings. The van der Waals surface area contributed by atoms with Gasteiger partial charge in [0.05, 0.1) is 13.2 Å². The number of amides is 4. The van der Waals surface area contributed by atoms with E-state index in [1.807, 2.05) is 12.1 Å². The highest BCUT2D eigenvalue weighted by Gasteiger charge is 2.30. The highest BCUT2D eigenvalue weighted by atomic mass is 16.5. The molecule has 0 aliphatic carbocycles. The molecular weight excluding hydrogens is 556 g/mol. The molecule has 4 bridgehead atoms. The minimum Gasteiger partial charge on any atom is -0.508 e. The van der Waals surface area contributed by atoms with Gasteiger partial charge in [-0.3, -0.25) is 19.2 Å². The van der Waals surface area contributed by atoms with Crippen LogP contribution in [0.15, 0.2) is 36.4 Å². The zero-order valence-electron chi connectivity index (χ0n) is 24.2. The van der Waals surface area contributed by atoms with Crippen molar-refractivity contribution in [2.24, 2.45) is 22.9 Å². The first-order valence-electron chi connectivity index (χ1n) is 14.1. The Bertz CT molecular complexity index is 1310. The first-order valence-corrected chi connectivity index (χ1v) is 14.1. The van der Waals surface area contributed by atoms with Crippen LogP contribution in [-0.2, 0) is 32.0 Å². The van der Waals surface area contributed by atoms with Gasteiger partial charge in [-0.15, -0.1) is 0 Å². The summed E-state index contributed by atoms with van der Waals surface area (Å²) in [5.41, 5.74) is 25.8. The SMILES string of the molecule is COc1ccc2cc1C[C@H](N)C(=O)N[C@@H](CCCN)C(=O)N[C@H](C(=O)NC[C@H](N)C(=O)NCCN)Cc1cc-2ccc1O. The number of rotatable bonds is 10. The van der Waals surface area contributed by atoms with Crippen LogP contribution >= 0.6 is 0 Å². The molecule has 0 saturated heterocycles. The minimum absolute atomic E-state index is 0.0817. The van der Waals surface area contributed by atoms with Crippen molar-refractivity contribution in [3.05, 3.63) is 47.5 Å². The van der Waals surface area contributed by atoms with Crippen molar-refractivity contribution in [1.82, 2.24) is 21.3 Å². The Balaban J connectivity index is 2.01. The lowest BCUT2D eigenvalue weighted by molar-refractivity contribution is -0.132. The van der Waals surface area contributed by atoms with Gasteiger partial charge in [0.25, 0.3) is 0 Å². The Morgan fingerprint density at radius 3 is 2.37 bits per heavy atom. The highest BCUT2D eigenvalue weighted by Crippen LogP contribution is 2.31. The molecule has 13 N–H and O–H groups in total. The number of ether oxygens (including phenoxy) is 1. The number of phenolic OH excluding ortho intramolecular Hbond substituents is 1. The lowest BCUT2D eigenvalue weighted by Gasteiger charge is -2.25. The van der Waals surface area contributed by atoms with E-state index in [0.717, 1.165) is 11.1 Å². The second kappa shape index (κ2) is 15.8. The van der Waals surface area contributed by atoms with Crippen molar-refractivity contribution in [2.45, 2.75) is 49.9 Å². The van der Waals surface area contributed by atoms with Gasteiger partial charge in [0.15, 0.2) is 0 Å². The number of nitrogens with two attached hydrogens (primary N) is 4. The van der Waals surface area contributed by atoms with Crippen molar-refractivity contribution in [2.75, 3.05) is 33.3 Å². The number of phenols is 1. The van der Waals surface area contributed by atoms with Crippen LogP contribution in [0, 0.1) is 0 Å². The number of carbonyl (C=O) groups excluding carboxylic acids is 4. The Hall–Kier alpha value is -4.24. The van der Waals surface area contributed by atoms with E-state index >= 15 is 0 Å². The molecule has 14 nitrogen and oxygen atoms in total. The maximum Gasteiger partial charge on any atom is 0.243 e. The fourth-order valence-corrected chi connectivity index (χ4v) is 4.70. The molecule has 4 amide bonds. The zero-order chi connectivity index (χ0) is 31.5. The largest absolute Gasteiger partial charge is 0.508 e. The fourth-order valence-electron chi connectivity index (χ4n) is 4.70. The molecule has 1 heterocycles. The molecule has 1 aliphatic rings. The van der Waals surface area contributed by atoms with Gasteiger partial charge in [-0.25, -0.2) is 0 Å². The third-order valence-corrected chi connectivity index (χ3v) is 7.13. The van der Waals surface area contributed by atoms with Crippen LogP contribution in [0.2, 0.25) is 0 Å². The molecule has 0 saturated carbocycles. The number of hydrogen-bond donors (Lipinski definition) is 9. The minimum atomic E-state index is -1.20. The average molecular weight is 599 g/mol. The number of carbonyl (C=O) groups is 4. The number of benzene rings is 2. The number of aromatic hydroxyl groups is 1. The van der Waals surface area contributed by atoms with E-state index in [1.54, 1.807) is 18.2 Å². The third kappa shape index (κ3) is 9.12. The monoisotopic (exact) mass is 598 g/mol. The molecule has 0 radical (unpaired) electrons. The van der Waals surface area contributed by atoms with Gasteiger partial charge < -0.3 is 54.0 Å². The number of nitrogens with one attached hydrogen (secondary N) is 4. The summed E-state index contributed by atoms with van der Waals surface area (Å²) in [6.45, 7) is 0.505. The van der Waals surface area contributed by atoms with E-state index < -0.39 is 47.8 Å². The van der Waals surface area contributed by atoms with Crippen molar-refractivity contribution in [1.29, 1.82) is 0 Å². The summed E-state index contributed by atoms with van der Waals surface area (Å²) in [7, 11) is 1.52. The molecule has 2 aromatic carbocycles. The van der Waals surface area contributed by atoms with Crippen LogP contribution in [0.4, 0.5) is 0 Å². The number of fused-ring (bicyclic) bond motifs is 5. The molecule has 0 spiro atoms. The van der Waals surface area contributed by atoms with Crippen molar-refractivity contribution in [3.8, 4) is 22.6 Å².